The van der Waals surface area contributed by atoms with Gasteiger partial charge in [0.15, 0.2) is 11.5 Å². The van der Waals surface area contributed by atoms with Gasteiger partial charge in [-0.25, -0.2) is 0 Å². The number of aromatic hydroxyl groups is 6. The molecule has 0 aliphatic carbocycles. The fourth-order valence-corrected chi connectivity index (χ4v) is 7.68. The summed E-state index contributed by atoms with van der Waals surface area (Å²) in [4.78, 5) is 48.7. The molecular formula is C68H74O14. The smallest absolute Gasteiger partial charge is 0.316 e. The van der Waals surface area contributed by atoms with Gasteiger partial charge < -0.3 is 49.6 Å². The maximum atomic E-state index is 12.6. The summed E-state index contributed by atoms with van der Waals surface area (Å²) >= 11 is 0. The average molecular weight is 1120 g/mol. The summed E-state index contributed by atoms with van der Waals surface area (Å²) in [6.07, 6.45) is 2.78. The first-order chi connectivity index (χ1) is 38.6. The average Bonchev–Trinajstić information content (AvgIpc) is 3.60. The molecule has 0 bridgehead atoms. The Hall–Kier alpha value is -9.04. The first-order valence-electron chi connectivity index (χ1n) is 27.2. The van der Waals surface area contributed by atoms with Crippen molar-refractivity contribution in [2.45, 2.75) is 109 Å². The SMILES string of the molecule is CCC(C)(C)C(=O)Oc1c2ccccc2c(O)c2ccccc12.CCC(C)(C)C(=O)Oc1ccc(O)c2cc(O)ccc12.CCC(C)(C)C(=O)Oc1ccc2cc(O)c(O)cc2c1.CCC(C)(C)C(=O)Oc1ccc2cc(O)ccc2c1. The quantitative estimate of drug-likeness (QED) is 0.0290. The summed E-state index contributed by atoms with van der Waals surface area (Å²) in [5.74, 6) is 0.898. The molecule has 0 saturated carbocycles. The molecule has 0 saturated heterocycles. The monoisotopic (exact) mass is 1110 g/mol. The number of phenolic OH excluding ortho intramolecular Hbond substituents is 6. The van der Waals surface area contributed by atoms with Gasteiger partial charge in [-0.2, -0.15) is 0 Å². The second-order valence-electron chi connectivity index (χ2n) is 22.6. The van der Waals surface area contributed by atoms with E-state index >= 15 is 0 Å². The number of carbonyl (C=O) groups is 4. The Morgan fingerprint density at radius 2 is 0.720 bits per heavy atom. The molecule has 0 spiro atoms. The largest absolute Gasteiger partial charge is 0.508 e. The van der Waals surface area contributed by atoms with Crippen LogP contribution in [-0.4, -0.2) is 54.5 Å². The van der Waals surface area contributed by atoms with E-state index in [9.17, 15) is 49.8 Å². The van der Waals surface area contributed by atoms with Crippen molar-refractivity contribution >= 4 is 77.7 Å². The number of hydrogen-bond acceptors (Lipinski definition) is 14. The Labute approximate surface area is 478 Å². The first-order valence-corrected chi connectivity index (χ1v) is 27.2. The standard InChI is InChI=1S/C20H20O3.2C16H18O4.C16H18O3/c1-4-20(2,3)19(22)23-18-15-11-7-5-9-13(15)17(21)14-10-6-8-12-16(14)18;1-4-16(2,3)15(19)20-12-6-5-10-8-13(17)14(18)9-11(10)7-12;1-4-16(2,3)15(19)20-14-8-7-13(18)12-9-10(17)5-6-11(12)14;1-4-16(2,3)15(18)19-14-8-6-11-9-13(17)7-5-12(11)10-14/h5-12,21H,4H2,1-3H3;2*5-9,17-18H,4H2,1-3H3;5-10,17H,4H2,1-3H3. The number of carbonyl (C=O) groups excluding carboxylic acids is 4. The van der Waals surface area contributed by atoms with E-state index in [0.717, 1.165) is 33.4 Å². The van der Waals surface area contributed by atoms with Gasteiger partial charge in [0.2, 0.25) is 0 Å². The number of phenols is 6. The Morgan fingerprint density at radius 3 is 1.21 bits per heavy atom. The van der Waals surface area contributed by atoms with E-state index in [1.807, 2.05) is 138 Å². The minimum Gasteiger partial charge on any atom is -0.508 e. The number of benzene rings is 9. The molecule has 0 radical (unpaired) electrons. The molecule has 14 nitrogen and oxygen atoms in total. The molecule has 430 valence electrons. The summed E-state index contributed by atoms with van der Waals surface area (Å²) in [7, 11) is 0. The van der Waals surface area contributed by atoms with Gasteiger partial charge in [-0.3, -0.25) is 19.2 Å². The molecule has 0 aliphatic rings. The van der Waals surface area contributed by atoms with Crippen molar-refractivity contribution < 1.29 is 68.8 Å². The van der Waals surface area contributed by atoms with Gasteiger partial charge >= 0.3 is 23.9 Å². The number of fused-ring (bicyclic) bond motifs is 5. The van der Waals surface area contributed by atoms with Crippen molar-refractivity contribution in [1.82, 2.24) is 0 Å². The molecule has 0 aromatic heterocycles. The highest BCUT2D eigenvalue weighted by Gasteiger charge is 2.31. The topological polar surface area (TPSA) is 227 Å². The number of rotatable bonds is 12. The van der Waals surface area contributed by atoms with Crippen LogP contribution >= 0.6 is 0 Å². The molecular weight excluding hydrogens is 1040 g/mol. The molecule has 0 amide bonds. The van der Waals surface area contributed by atoms with Crippen molar-refractivity contribution in [3.8, 4) is 57.5 Å². The first kappa shape index (κ1) is 62.2. The zero-order valence-corrected chi connectivity index (χ0v) is 48.6. The zero-order chi connectivity index (χ0) is 60.5. The maximum absolute atomic E-state index is 12.6. The fourth-order valence-electron chi connectivity index (χ4n) is 7.68. The molecule has 14 heteroatoms. The van der Waals surface area contributed by atoms with Crippen LogP contribution in [0, 0.1) is 21.7 Å². The van der Waals surface area contributed by atoms with E-state index in [0.29, 0.717) is 69.2 Å². The Kier molecular flexibility index (Phi) is 19.4. The van der Waals surface area contributed by atoms with Crippen LogP contribution in [0.5, 0.6) is 57.5 Å². The second-order valence-corrected chi connectivity index (χ2v) is 22.6. The third-order valence-electron chi connectivity index (χ3n) is 15.1. The van der Waals surface area contributed by atoms with Gasteiger partial charge in [-0.15, -0.1) is 0 Å². The van der Waals surface area contributed by atoms with Crippen molar-refractivity contribution in [2.24, 2.45) is 21.7 Å². The van der Waals surface area contributed by atoms with E-state index in [1.54, 1.807) is 60.7 Å². The molecule has 82 heavy (non-hydrogen) atoms. The molecule has 9 aromatic rings. The van der Waals surface area contributed by atoms with E-state index in [2.05, 4.69) is 0 Å². The molecule has 6 N–H and O–H groups in total. The minimum atomic E-state index is -0.568. The van der Waals surface area contributed by atoms with Crippen LogP contribution in [0.25, 0.3) is 53.9 Å². The molecule has 0 fully saturated rings. The van der Waals surface area contributed by atoms with Crippen LogP contribution in [0.4, 0.5) is 0 Å². The third-order valence-corrected chi connectivity index (χ3v) is 15.1. The van der Waals surface area contributed by atoms with Gasteiger partial charge in [0.25, 0.3) is 0 Å². The van der Waals surface area contributed by atoms with Gasteiger partial charge in [-0.1, -0.05) is 94.4 Å². The van der Waals surface area contributed by atoms with E-state index in [-0.39, 0.29) is 58.4 Å². The highest BCUT2D eigenvalue weighted by atomic mass is 16.5. The molecule has 9 aromatic carbocycles. The van der Waals surface area contributed by atoms with Crippen LogP contribution in [-0.2, 0) is 19.2 Å². The molecule has 9 rings (SSSR count). The van der Waals surface area contributed by atoms with E-state index in [1.165, 1.54) is 30.3 Å². The molecule has 0 unspecified atom stereocenters. The van der Waals surface area contributed by atoms with Crippen LogP contribution in [0.15, 0.2) is 146 Å². The summed E-state index contributed by atoms with van der Waals surface area (Å²) < 4.78 is 22.0. The Balaban J connectivity index is 0.000000176. The third kappa shape index (κ3) is 14.7. The predicted octanol–water partition coefficient (Wildman–Crippen LogP) is 16.1. The molecule has 0 aliphatic heterocycles. The van der Waals surface area contributed by atoms with Crippen molar-refractivity contribution in [3.63, 3.8) is 0 Å². The Morgan fingerprint density at radius 1 is 0.341 bits per heavy atom. The van der Waals surface area contributed by atoms with Crippen molar-refractivity contribution in [2.75, 3.05) is 0 Å². The zero-order valence-electron chi connectivity index (χ0n) is 48.6. The maximum Gasteiger partial charge on any atom is 0.316 e. The van der Waals surface area contributed by atoms with Crippen molar-refractivity contribution in [3.05, 3.63) is 146 Å². The Bertz CT molecular complexity index is 3760. The summed E-state index contributed by atoms with van der Waals surface area (Å²) in [6, 6.07) is 40.8. The van der Waals surface area contributed by atoms with Crippen molar-refractivity contribution in [1.29, 1.82) is 0 Å². The van der Waals surface area contributed by atoms with Crippen LogP contribution in [0.3, 0.4) is 0 Å². The lowest BCUT2D eigenvalue weighted by Gasteiger charge is -2.22. The van der Waals surface area contributed by atoms with Gasteiger partial charge in [0.1, 0.15) is 46.0 Å². The normalized spacial score (nSPS) is 11.6. The van der Waals surface area contributed by atoms with Gasteiger partial charge in [0, 0.05) is 32.3 Å². The highest BCUT2D eigenvalue weighted by molar-refractivity contribution is 6.11. The lowest BCUT2D eigenvalue weighted by atomic mass is 9.90. The lowest BCUT2D eigenvalue weighted by molar-refractivity contribution is -0.144. The summed E-state index contributed by atoms with van der Waals surface area (Å²) in [5, 5.41) is 65.3. The highest BCUT2D eigenvalue weighted by Crippen LogP contribution is 2.43. The van der Waals surface area contributed by atoms with Crippen LogP contribution in [0.2, 0.25) is 0 Å². The van der Waals surface area contributed by atoms with E-state index in [4.69, 9.17) is 18.9 Å². The minimum absolute atomic E-state index is 0.0328. The van der Waals surface area contributed by atoms with Crippen LogP contribution in [0.1, 0.15) is 109 Å². The van der Waals surface area contributed by atoms with E-state index < -0.39 is 21.7 Å². The predicted molar refractivity (Wildman–Crippen MR) is 322 cm³/mol. The molecule has 0 atom stereocenters. The van der Waals surface area contributed by atoms with Gasteiger partial charge in [-0.05, 0) is 181 Å². The summed E-state index contributed by atoms with van der Waals surface area (Å²) in [6.45, 7) is 22.6. The van der Waals surface area contributed by atoms with Crippen LogP contribution < -0.4 is 18.9 Å². The van der Waals surface area contributed by atoms with Gasteiger partial charge in [0.05, 0.1) is 21.7 Å². The second kappa shape index (κ2) is 25.6. The lowest BCUT2D eigenvalue weighted by Crippen LogP contribution is -2.28. The number of hydrogen-bond donors (Lipinski definition) is 6. The fraction of sp³-hybridized carbons (Fsp3) is 0.294. The number of ether oxygens (including phenoxy) is 4. The molecule has 0 heterocycles. The number of esters is 4. The summed E-state index contributed by atoms with van der Waals surface area (Å²) in [5.41, 5.74) is -2.14.